The van der Waals surface area contributed by atoms with Crippen molar-refractivity contribution >= 4 is 29.3 Å². The van der Waals surface area contributed by atoms with E-state index in [1.807, 2.05) is 11.2 Å². The van der Waals surface area contributed by atoms with Crippen molar-refractivity contribution in [3.05, 3.63) is 12.7 Å². The summed E-state index contributed by atoms with van der Waals surface area (Å²) in [4.78, 5) is 13.5. The fourth-order valence-electron chi connectivity index (χ4n) is 1.59. The summed E-state index contributed by atoms with van der Waals surface area (Å²) in [6.07, 6.45) is 3.71. The average molecular weight is 220 g/mol. The molecule has 0 aromatic heterocycles. The SMILES string of the molecule is C=CCN1CC(CCl)C(SC)C1=O. The second-order valence-corrected chi connectivity index (χ2v) is 4.39. The average Bonchev–Trinajstić information content (AvgIpc) is 2.44. The Morgan fingerprint density at radius 1 is 1.85 bits per heavy atom. The van der Waals surface area contributed by atoms with E-state index in [2.05, 4.69) is 6.58 Å². The van der Waals surface area contributed by atoms with Crippen LogP contribution in [0.15, 0.2) is 12.7 Å². The number of thioether (sulfide) groups is 1. The standard InChI is InChI=1S/C9H14ClNOS/c1-3-4-11-6-7(5-10)8(13-2)9(11)12/h3,7-8H,1,4-6H2,2H3. The van der Waals surface area contributed by atoms with E-state index in [1.54, 1.807) is 17.8 Å². The Labute approximate surface area is 88.3 Å². The highest BCUT2D eigenvalue weighted by Crippen LogP contribution is 2.28. The Morgan fingerprint density at radius 3 is 2.92 bits per heavy atom. The van der Waals surface area contributed by atoms with Gasteiger partial charge in [-0.25, -0.2) is 0 Å². The van der Waals surface area contributed by atoms with Crippen molar-refractivity contribution in [1.82, 2.24) is 4.90 Å². The number of likely N-dealkylation sites (tertiary alicyclic amines) is 1. The van der Waals surface area contributed by atoms with E-state index in [1.165, 1.54) is 0 Å². The maximum Gasteiger partial charge on any atom is 0.236 e. The molecule has 1 fully saturated rings. The Morgan fingerprint density at radius 2 is 2.54 bits per heavy atom. The molecule has 0 aliphatic carbocycles. The zero-order chi connectivity index (χ0) is 9.84. The van der Waals surface area contributed by atoms with E-state index in [4.69, 9.17) is 11.6 Å². The minimum absolute atomic E-state index is 0.0532. The summed E-state index contributed by atoms with van der Waals surface area (Å²) in [5, 5.41) is 0.0532. The van der Waals surface area contributed by atoms with Crippen LogP contribution in [-0.2, 0) is 4.79 Å². The molecule has 1 saturated heterocycles. The Kier molecular flexibility index (Phi) is 4.13. The fraction of sp³-hybridized carbons (Fsp3) is 0.667. The van der Waals surface area contributed by atoms with Crippen molar-refractivity contribution in [2.45, 2.75) is 5.25 Å². The highest BCUT2D eigenvalue weighted by Gasteiger charge is 2.38. The number of nitrogens with zero attached hydrogens (tertiary/aromatic N) is 1. The van der Waals surface area contributed by atoms with Gasteiger partial charge in [-0.05, 0) is 6.26 Å². The monoisotopic (exact) mass is 219 g/mol. The van der Waals surface area contributed by atoms with Gasteiger partial charge in [0.05, 0.1) is 5.25 Å². The lowest BCUT2D eigenvalue weighted by Gasteiger charge is -2.12. The van der Waals surface area contributed by atoms with Gasteiger partial charge in [-0.1, -0.05) is 6.08 Å². The highest BCUT2D eigenvalue weighted by atomic mass is 35.5. The molecular weight excluding hydrogens is 206 g/mol. The first-order valence-corrected chi connectivity index (χ1v) is 6.05. The second-order valence-electron chi connectivity index (χ2n) is 3.10. The molecule has 1 amide bonds. The van der Waals surface area contributed by atoms with Crippen LogP contribution in [0.4, 0.5) is 0 Å². The first-order valence-electron chi connectivity index (χ1n) is 4.23. The maximum absolute atomic E-state index is 11.7. The van der Waals surface area contributed by atoms with Crippen molar-refractivity contribution in [1.29, 1.82) is 0 Å². The molecule has 74 valence electrons. The van der Waals surface area contributed by atoms with Crippen molar-refractivity contribution in [2.75, 3.05) is 25.2 Å². The van der Waals surface area contributed by atoms with Crippen LogP contribution >= 0.6 is 23.4 Å². The topological polar surface area (TPSA) is 20.3 Å². The number of amides is 1. The zero-order valence-corrected chi connectivity index (χ0v) is 9.27. The third kappa shape index (κ3) is 2.20. The summed E-state index contributed by atoms with van der Waals surface area (Å²) in [7, 11) is 0. The molecule has 1 aliphatic rings. The molecule has 1 heterocycles. The first-order chi connectivity index (χ1) is 6.24. The Hall–Kier alpha value is -0.150. The summed E-state index contributed by atoms with van der Waals surface area (Å²) < 4.78 is 0. The summed E-state index contributed by atoms with van der Waals surface area (Å²) >= 11 is 7.39. The van der Waals surface area contributed by atoms with E-state index in [-0.39, 0.29) is 11.2 Å². The van der Waals surface area contributed by atoms with Crippen LogP contribution in [0.2, 0.25) is 0 Å². The molecule has 2 nitrogen and oxygen atoms in total. The maximum atomic E-state index is 11.7. The van der Waals surface area contributed by atoms with Gasteiger partial charge in [-0.2, -0.15) is 11.8 Å². The van der Waals surface area contributed by atoms with Gasteiger partial charge in [0.25, 0.3) is 0 Å². The number of hydrogen-bond donors (Lipinski definition) is 0. The quantitative estimate of drug-likeness (QED) is 0.529. The van der Waals surface area contributed by atoms with Crippen LogP contribution in [0.3, 0.4) is 0 Å². The van der Waals surface area contributed by atoms with Gasteiger partial charge in [0, 0.05) is 24.9 Å². The van der Waals surface area contributed by atoms with Crippen molar-refractivity contribution in [3.63, 3.8) is 0 Å². The van der Waals surface area contributed by atoms with Gasteiger partial charge in [0.15, 0.2) is 0 Å². The molecular formula is C9H14ClNOS. The van der Waals surface area contributed by atoms with Gasteiger partial charge in [-0.3, -0.25) is 4.79 Å². The molecule has 13 heavy (non-hydrogen) atoms. The minimum atomic E-state index is 0.0532. The number of carbonyl (C=O) groups excluding carboxylic acids is 1. The molecule has 0 aromatic rings. The number of carbonyl (C=O) groups is 1. The largest absolute Gasteiger partial charge is 0.338 e. The predicted molar refractivity (Wildman–Crippen MR) is 58.3 cm³/mol. The number of halogens is 1. The molecule has 0 radical (unpaired) electrons. The third-order valence-corrected chi connectivity index (χ3v) is 3.73. The first kappa shape index (κ1) is 10.9. The second kappa shape index (κ2) is 4.91. The summed E-state index contributed by atoms with van der Waals surface area (Å²) in [5.74, 6) is 1.06. The summed E-state index contributed by atoms with van der Waals surface area (Å²) in [6.45, 7) is 5.05. The van der Waals surface area contributed by atoms with E-state index in [9.17, 15) is 4.79 Å². The molecule has 2 atom stereocenters. The molecule has 2 unspecified atom stereocenters. The van der Waals surface area contributed by atoms with Crippen molar-refractivity contribution < 1.29 is 4.79 Å². The predicted octanol–water partition coefficient (Wildman–Crippen LogP) is 1.60. The van der Waals surface area contributed by atoms with Gasteiger partial charge < -0.3 is 4.90 Å². The third-order valence-electron chi connectivity index (χ3n) is 2.24. The summed E-state index contributed by atoms with van der Waals surface area (Å²) in [6, 6.07) is 0. The molecule has 0 spiro atoms. The molecule has 4 heteroatoms. The lowest BCUT2D eigenvalue weighted by atomic mass is 10.1. The number of rotatable bonds is 4. The molecule has 0 aromatic carbocycles. The molecule has 0 saturated carbocycles. The highest BCUT2D eigenvalue weighted by molar-refractivity contribution is 7.99. The van der Waals surface area contributed by atoms with Crippen LogP contribution in [0, 0.1) is 5.92 Å². The van der Waals surface area contributed by atoms with Gasteiger partial charge in [0.1, 0.15) is 0 Å². The molecule has 0 N–H and O–H groups in total. The van der Waals surface area contributed by atoms with E-state index in [0.717, 1.165) is 6.54 Å². The van der Waals surface area contributed by atoms with Crippen LogP contribution < -0.4 is 0 Å². The van der Waals surface area contributed by atoms with Crippen LogP contribution in [-0.4, -0.2) is 41.3 Å². The lowest BCUT2D eigenvalue weighted by molar-refractivity contribution is -0.126. The Bertz CT molecular complexity index is 210. The van der Waals surface area contributed by atoms with Gasteiger partial charge >= 0.3 is 0 Å². The van der Waals surface area contributed by atoms with Crippen molar-refractivity contribution in [2.24, 2.45) is 5.92 Å². The molecule has 1 aliphatic heterocycles. The molecule has 0 bridgehead atoms. The normalized spacial score (nSPS) is 28.2. The fourth-order valence-corrected chi connectivity index (χ4v) is 2.89. The van der Waals surface area contributed by atoms with E-state index < -0.39 is 0 Å². The lowest BCUT2D eigenvalue weighted by Crippen LogP contribution is -2.28. The number of alkyl halides is 1. The zero-order valence-electron chi connectivity index (χ0n) is 7.70. The molecule has 1 rings (SSSR count). The van der Waals surface area contributed by atoms with E-state index in [0.29, 0.717) is 18.3 Å². The minimum Gasteiger partial charge on any atom is -0.338 e. The van der Waals surface area contributed by atoms with Gasteiger partial charge in [0.2, 0.25) is 5.91 Å². The smallest absolute Gasteiger partial charge is 0.236 e. The Balaban J connectivity index is 2.65. The van der Waals surface area contributed by atoms with Crippen LogP contribution in [0.5, 0.6) is 0 Å². The number of hydrogen-bond acceptors (Lipinski definition) is 2. The summed E-state index contributed by atoms with van der Waals surface area (Å²) in [5.41, 5.74) is 0. The van der Waals surface area contributed by atoms with Crippen molar-refractivity contribution in [3.8, 4) is 0 Å². The van der Waals surface area contributed by atoms with Crippen LogP contribution in [0.1, 0.15) is 0 Å². The van der Waals surface area contributed by atoms with E-state index >= 15 is 0 Å². The van der Waals surface area contributed by atoms with Crippen LogP contribution in [0.25, 0.3) is 0 Å². The van der Waals surface area contributed by atoms with Gasteiger partial charge in [-0.15, -0.1) is 18.2 Å².